The average molecular weight is 598 g/mol. The second-order valence-corrected chi connectivity index (χ2v) is 14.4. The summed E-state index contributed by atoms with van der Waals surface area (Å²) in [7, 11) is -3.79. The van der Waals surface area contributed by atoms with Gasteiger partial charge < -0.3 is 24.5 Å². The van der Waals surface area contributed by atoms with Gasteiger partial charge in [-0.05, 0) is 25.0 Å². The molecule has 2 aromatic rings. The van der Waals surface area contributed by atoms with Gasteiger partial charge in [-0.1, -0.05) is 96.3 Å². The van der Waals surface area contributed by atoms with Crippen molar-refractivity contribution in [3.63, 3.8) is 0 Å². The molecule has 1 fully saturated rings. The quantitative estimate of drug-likeness (QED) is 0.0930. The summed E-state index contributed by atoms with van der Waals surface area (Å²) in [5.74, 6) is 3.18. The molecule has 2 atom stereocenters. The zero-order valence-corrected chi connectivity index (χ0v) is 26.3. The lowest BCUT2D eigenvalue weighted by Gasteiger charge is -2.24. The molecule has 228 valence electrons. The van der Waals surface area contributed by atoms with Crippen LogP contribution in [0, 0.1) is 5.92 Å². The van der Waals surface area contributed by atoms with Crippen molar-refractivity contribution in [1.82, 2.24) is 19.5 Å². The molecular weight excluding hydrogens is 545 g/mol. The fourth-order valence-electron chi connectivity index (χ4n) is 5.15. The highest BCUT2D eigenvalue weighted by Crippen LogP contribution is 2.42. The lowest BCUT2D eigenvalue weighted by molar-refractivity contribution is 0.0724. The first-order valence-corrected chi connectivity index (χ1v) is 18.4. The number of nitrogen functional groups attached to an aromatic ring is 1. The van der Waals surface area contributed by atoms with E-state index in [0.29, 0.717) is 29.3 Å². The molecule has 11 heteroatoms. The topological polar surface area (TPSA) is 125 Å². The minimum atomic E-state index is -3.79. The molecule has 0 aliphatic heterocycles. The minimum absolute atomic E-state index is 0.249. The summed E-state index contributed by atoms with van der Waals surface area (Å²) in [6, 6.07) is 0. The van der Waals surface area contributed by atoms with Crippen molar-refractivity contribution >= 4 is 36.3 Å². The fraction of sp³-hybridized carbons (Fsp3) is 0.828. The fourth-order valence-corrected chi connectivity index (χ4v) is 6.98. The van der Waals surface area contributed by atoms with E-state index in [1.165, 1.54) is 109 Å². The number of aromatic nitrogens is 4. The smallest absolute Gasteiger partial charge is 0.353 e. The molecule has 3 rings (SSSR count). The van der Waals surface area contributed by atoms with Crippen molar-refractivity contribution in [2.75, 3.05) is 30.2 Å². The predicted molar refractivity (Wildman–Crippen MR) is 166 cm³/mol. The van der Waals surface area contributed by atoms with Crippen molar-refractivity contribution in [3.8, 4) is 0 Å². The minimum Gasteiger partial charge on any atom is -0.382 e. The Kier molecular flexibility index (Phi) is 15.9. The molecule has 0 aromatic carbocycles. The highest BCUT2D eigenvalue weighted by atomic mass is 32.2. The van der Waals surface area contributed by atoms with Gasteiger partial charge in [0.2, 0.25) is 0 Å². The Morgan fingerprint density at radius 1 is 1.00 bits per heavy atom. The van der Waals surface area contributed by atoms with Crippen LogP contribution in [-0.4, -0.2) is 55.0 Å². The Morgan fingerprint density at radius 2 is 1.65 bits per heavy atom. The normalized spacial score (nSPS) is 16.2. The summed E-state index contributed by atoms with van der Waals surface area (Å²) in [6.07, 6.45) is 24.8. The maximum absolute atomic E-state index is 12.3. The molecule has 9 nitrogen and oxygen atoms in total. The SMILES string of the molecule is C[C@H](Cn1cnc2c(N)ncnc21)OCP(=O)(O)OCCSCCCCCCCCCCCCCCC1CCC1. The Balaban J connectivity index is 1.07. The molecule has 3 N–H and O–H groups in total. The molecule has 1 saturated carbocycles. The van der Waals surface area contributed by atoms with Crippen molar-refractivity contribution in [2.45, 2.75) is 122 Å². The van der Waals surface area contributed by atoms with Crippen LogP contribution in [0.5, 0.6) is 0 Å². The van der Waals surface area contributed by atoms with E-state index in [4.69, 9.17) is 15.0 Å². The van der Waals surface area contributed by atoms with E-state index < -0.39 is 7.60 Å². The lowest BCUT2D eigenvalue weighted by atomic mass is 9.81. The standard InChI is InChI=1S/C29H52N5O4PS/c1-25(21-34-23-33-27-28(30)31-22-32-29(27)34)37-24-39(35,36)38-18-20-40-19-13-11-9-7-5-3-2-4-6-8-10-12-15-26-16-14-17-26/h22-23,25-26H,2-21,24H2,1H3,(H,35,36)(H2,30,31,32)/t25-/m1/s1. The van der Waals surface area contributed by atoms with E-state index in [9.17, 15) is 9.46 Å². The number of imidazole rings is 1. The third kappa shape index (κ3) is 13.2. The zero-order chi connectivity index (χ0) is 28.5. The van der Waals surface area contributed by atoms with Crippen LogP contribution in [-0.2, 0) is 20.4 Å². The average Bonchev–Trinajstić information content (AvgIpc) is 3.31. The second-order valence-electron chi connectivity index (χ2n) is 11.3. The summed E-state index contributed by atoms with van der Waals surface area (Å²) in [5.41, 5.74) is 6.95. The van der Waals surface area contributed by atoms with E-state index in [0.717, 1.165) is 11.7 Å². The van der Waals surface area contributed by atoms with Crippen LogP contribution in [0.3, 0.4) is 0 Å². The first-order chi connectivity index (χ1) is 19.4. The van der Waals surface area contributed by atoms with E-state index in [-0.39, 0.29) is 19.1 Å². The molecule has 2 aromatic heterocycles. The number of ether oxygens (including phenoxy) is 1. The number of unbranched alkanes of at least 4 members (excludes halogenated alkanes) is 11. The molecule has 0 saturated heterocycles. The summed E-state index contributed by atoms with van der Waals surface area (Å²) in [6.45, 7) is 2.49. The van der Waals surface area contributed by atoms with Gasteiger partial charge in [-0.2, -0.15) is 11.8 Å². The number of anilines is 1. The zero-order valence-electron chi connectivity index (χ0n) is 24.6. The van der Waals surface area contributed by atoms with Crippen LogP contribution < -0.4 is 5.73 Å². The number of fused-ring (bicyclic) bond motifs is 1. The van der Waals surface area contributed by atoms with Crippen molar-refractivity contribution in [1.29, 1.82) is 0 Å². The molecule has 40 heavy (non-hydrogen) atoms. The summed E-state index contributed by atoms with van der Waals surface area (Å²) in [4.78, 5) is 22.4. The Labute approximate surface area is 245 Å². The second kappa shape index (κ2) is 19.1. The monoisotopic (exact) mass is 597 g/mol. The van der Waals surface area contributed by atoms with Crippen LogP contribution in [0.15, 0.2) is 12.7 Å². The lowest BCUT2D eigenvalue weighted by Crippen LogP contribution is -2.17. The predicted octanol–water partition coefficient (Wildman–Crippen LogP) is 7.58. The van der Waals surface area contributed by atoms with Crippen molar-refractivity contribution in [3.05, 3.63) is 12.7 Å². The van der Waals surface area contributed by atoms with Gasteiger partial charge in [0, 0.05) is 5.75 Å². The van der Waals surface area contributed by atoms with Crippen LogP contribution in [0.2, 0.25) is 0 Å². The molecule has 0 spiro atoms. The number of nitrogens with zero attached hydrogens (tertiary/aromatic N) is 4. The van der Waals surface area contributed by atoms with Gasteiger partial charge in [0.15, 0.2) is 11.5 Å². The third-order valence-corrected chi connectivity index (χ3v) is 9.90. The summed E-state index contributed by atoms with van der Waals surface area (Å²) >= 11 is 1.78. The molecule has 0 bridgehead atoms. The molecule has 0 radical (unpaired) electrons. The largest absolute Gasteiger partial charge is 0.382 e. The maximum atomic E-state index is 12.3. The Hall–Kier alpha value is -1.19. The van der Waals surface area contributed by atoms with E-state index in [1.807, 2.05) is 6.92 Å². The third-order valence-electron chi connectivity index (χ3n) is 7.80. The van der Waals surface area contributed by atoms with Gasteiger partial charge >= 0.3 is 7.60 Å². The van der Waals surface area contributed by atoms with Gasteiger partial charge in [-0.15, -0.1) is 0 Å². The van der Waals surface area contributed by atoms with Gasteiger partial charge in [0.25, 0.3) is 0 Å². The summed E-state index contributed by atoms with van der Waals surface area (Å²) in [5, 5.41) is 0. The molecular formula is C29H52N5O4PS. The van der Waals surface area contributed by atoms with Crippen LogP contribution >= 0.6 is 19.4 Å². The van der Waals surface area contributed by atoms with Crippen LogP contribution in [0.25, 0.3) is 11.2 Å². The number of nitrogens with two attached hydrogens (primary N) is 1. The maximum Gasteiger partial charge on any atom is 0.353 e. The highest BCUT2D eigenvalue weighted by molar-refractivity contribution is 7.99. The Bertz CT molecular complexity index is 1010. The Morgan fingerprint density at radius 3 is 2.30 bits per heavy atom. The first-order valence-electron chi connectivity index (χ1n) is 15.5. The van der Waals surface area contributed by atoms with Gasteiger partial charge in [0.05, 0.1) is 25.6 Å². The summed E-state index contributed by atoms with van der Waals surface area (Å²) < 4.78 is 24.9. The molecule has 1 unspecified atom stereocenters. The molecule has 0 amide bonds. The van der Waals surface area contributed by atoms with Gasteiger partial charge in [-0.25, -0.2) is 15.0 Å². The number of hydrogen-bond donors (Lipinski definition) is 2. The molecule has 2 heterocycles. The van der Waals surface area contributed by atoms with Crippen molar-refractivity contribution < 1.29 is 18.7 Å². The molecule has 1 aliphatic rings. The van der Waals surface area contributed by atoms with E-state index >= 15 is 0 Å². The number of rotatable bonds is 24. The van der Waals surface area contributed by atoms with E-state index in [2.05, 4.69) is 15.0 Å². The van der Waals surface area contributed by atoms with Crippen LogP contribution in [0.1, 0.15) is 110 Å². The van der Waals surface area contributed by atoms with Crippen LogP contribution in [0.4, 0.5) is 5.82 Å². The number of thioether (sulfide) groups is 1. The van der Waals surface area contributed by atoms with Gasteiger partial charge in [-0.3, -0.25) is 4.57 Å². The highest BCUT2D eigenvalue weighted by Gasteiger charge is 2.22. The number of hydrogen-bond acceptors (Lipinski definition) is 8. The van der Waals surface area contributed by atoms with Gasteiger partial charge in [0.1, 0.15) is 18.2 Å². The van der Waals surface area contributed by atoms with E-state index in [1.54, 1.807) is 22.7 Å². The van der Waals surface area contributed by atoms with Crippen molar-refractivity contribution in [2.24, 2.45) is 5.92 Å². The molecule has 1 aliphatic carbocycles. The first kappa shape index (κ1) is 33.3.